The fourth-order valence-corrected chi connectivity index (χ4v) is 4.10. The van der Waals surface area contributed by atoms with E-state index >= 15 is 0 Å². The van der Waals surface area contributed by atoms with Crippen LogP contribution in [-0.2, 0) is 24.2 Å². The van der Waals surface area contributed by atoms with Crippen molar-refractivity contribution >= 4 is 58.8 Å². The average molecular weight is 548 g/mol. The van der Waals surface area contributed by atoms with Gasteiger partial charge < -0.3 is 15.1 Å². The molecule has 158 valence electrons. The number of benzene rings is 1. The van der Waals surface area contributed by atoms with Crippen LogP contribution in [0.4, 0.5) is 0 Å². The van der Waals surface area contributed by atoms with E-state index in [9.17, 15) is 4.79 Å². The number of halogens is 2. The molecular weight excluding hydrogens is 521 g/mol. The molecule has 1 saturated heterocycles. The van der Waals surface area contributed by atoms with Crippen LogP contribution in [0.15, 0.2) is 35.5 Å². The summed E-state index contributed by atoms with van der Waals surface area (Å²) >= 11 is 7.69. The summed E-state index contributed by atoms with van der Waals surface area (Å²) in [4.78, 5) is 26.6. The molecule has 1 amide bonds. The summed E-state index contributed by atoms with van der Waals surface area (Å²) < 4.78 is 0. The van der Waals surface area contributed by atoms with Crippen LogP contribution < -0.4 is 5.32 Å². The largest absolute Gasteiger partial charge is 0.356 e. The standard InChI is InChI=1S/C20H26ClN5OS.HI/c1-3-17-12-24-18(28-17)8-9-23-20(22-2)26-11-10-25(19(27)14-26)13-15-4-6-16(21)7-5-15;/h4-7,12H,3,8-11,13-14H2,1-2H3,(H,22,23);1H. The van der Waals surface area contributed by atoms with Crippen LogP contribution in [0.2, 0.25) is 5.02 Å². The van der Waals surface area contributed by atoms with Gasteiger partial charge in [-0.25, -0.2) is 4.98 Å². The third-order valence-electron chi connectivity index (χ3n) is 4.69. The maximum absolute atomic E-state index is 12.6. The van der Waals surface area contributed by atoms with E-state index in [1.165, 1.54) is 4.88 Å². The number of carbonyl (C=O) groups excluding carboxylic acids is 1. The van der Waals surface area contributed by atoms with Crippen molar-refractivity contribution < 1.29 is 4.79 Å². The third kappa shape index (κ3) is 6.82. The minimum Gasteiger partial charge on any atom is -0.356 e. The van der Waals surface area contributed by atoms with Gasteiger partial charge in [-0.15, -0.1) is 35.3 Å². The Bertz CT molecular complexity index is 827. The van der Waals surface area contributed by atoms with Crippen molar-refractivity contribution in [2.45, 2.75) is 26.3 Å². The van der Waals surface area contributed by atoms with E-state index in [0.717, 1.165) is 42.5 Å². The predicted octanol–water partition coefficient (Wildman–Crippen LogP) is 3.44. The first kappa shape index (κ1) is 23.9. The number of amides is 1. The highest BCUT2D eigenvalue weighted by molar-refractivity contribution is 14.0. The SMILES string of the molecule is CCc1cnc(CCNC(=NC)N2CCN(Cc3ccc(Cl)cc3)C(=O)C2)s1.I. The van der Waals surface area contributed by atoms with E-state index in [1.54, 1.807) is 18.4 Å². The highest BCUT2D eigenvalue weighted by Gasteiger charge is 2.25. The maximum atomic E-state index is 12.6. The van der Waals surface area contributed by atoms with Crippen molar-refractivity contribution in [3.8, 4) is 0 Å². The molecule has 1 aliphatic heterocycles. The first-order valence-corrected chi connectivity index (χ1v) is 10.7. The van der Waals surface area contributed by atoms with E-state index < -0.39 is 0 Å². The van der Waals surface area contributed by atoms with Crippen molar-refractivity contribution in [2.75, 3.05) is 33.2 Å². The summed E-state index contributed by atoms with van der Waals surface area (Å²) in [6.45, 7) is 5.28. The van der Waals surface area contributed by atoms with Crippen molar-refractivity contribution in [3.63, 3.8) is 0 Å². The van der Waals surface area contributed by atoms with Gasteiger partial charge in [-0.2, -0.15) is 0 Å². The third-order valence-corrected chi connectivity index (χ3v) is 6.14. The van der Waals surface area contributed by atoms with Crippen LogP contribution in [0.5, 0.6) is 0 Å². The summed E-state index contributed by atoms with van der Waals surface area (Å²) in [5, 5.41) is 5.20. The van der Waals surface area contributed by atoms with Crippen LogP contribution in [0.3, 0.4) is 0 Å². The minimum absolute atomic E-state index is 0. The number of hydrogen-bond acceptors (Lipinski definition) is 4. The first-order valence-electron chi connectivity index (χ1n) is 9.50. The first-order chi connectivity index (χ1) is 13.6. The topological polar surface area (TPSA) is 60.8 Å². The van der Waals surface area contributed by atoms with Crippen LogP contribution in [0.1, 0.15) is 22.4 Å². The Morgan fingerprint density at radius 1 is 1.31 bits per heavy atom. The van der Waals surface area contributed by atoms with Crippen LogP contribution >= 0.6 is 46.9 Å². The van der Waals surface area contributed by atoms with Crippen molar-refractivity contribution in [1.29, 1.82) is 0 Å². The number of aliphatic imine (C=N–C) groups is 1. The van der Waals surface area contributed by atoms with Gasteiger partial charge in [0.25, 0.3) is 0 Å². The lowest BCUT2D eigenvalue weighted by molar-refractivity contribution is -0.135. The predicted molar refractivity (Wildman–Crippen MR) is 130 cm³/mol. The van der Waals surface area contributed by atoms with Gasteiger partial charge in [-0.1, -0.05) is 30.7 Å². The smallest absolute Gasteiger partial charge is 0.242 e. The Hall–Kier alpha value is -1.39. The molecule has 1 aliphatic rings. The molecule has 1 fully saturated rings. The Kier molecular flexibility index (Phi) is 9.64. The Morgan fingerprint density at radius 2 is 2.07 bits per heavy atom. The molecule has 0 saturated carbocycles. The lowest BCUT2D eigenvalue weighted by Crippen LogP contribution is -2.55. The monoisotopic (exact) mass is 547 g/mol. The van der Waals surface area contributed by atoms with E-state index in [0.29, 0.717) is 24.7 Å². The molecule has 2 heterocycles. The normalized spacial score (nSPS) is 14.7. The molecule has 0 radical (unpaired) electrons. The van der Waals surface area contributed by atoms with Gasteiger partial charge in [0, 0.05) is 55.7 Å². The molecule has 1 aromatic carbocycles. The van der Waals surface area contributed by atoms with E-state index in [-0.39, 0.29) is 29.9 Å². The second-order valence-electron chi connectivity index (χ2n) is 6.66. The molecule has 6 nitrogen and oxygen atoms in total. The number of piperazine rings is 1. The van der Waals surface area contributed by atoms with Crippen molar-refractivity contribution in [1.82, 2.24) is 20.1 Å². The number of carbonyl (C=O) groups is 1. The highest BCUT2D eigenvalue weighted by atomic mass is 127. The van der Waals surface area contributed by atoms with Crippen molar-refractivity contribution in [3.05, 3.63) is 50.9 Å². The molecule has 1 N–H and O–H groups in total. The van der Waals surface area contributed by atoms with Gasteiger partial charge in [0.15, 0.2) is 5.96 Å². The number of aromatic nitrogens is 1. The van der Waals surface area contributed by atoms with Gasteiger partial charge in [0.05, 0.1) is 11.6 Å². The maximum Gasteiger partial charge on any atom is 0.242 e. The second kappa shape index (κ2) is 11.7. The van der Waals surface area contributed by atoms with Crippen LogP contribution in [-0.4, -0.2) is 59.9 Å². The zero-order valence-electron chi connectivity index (χ0n) is 16.7. The zero-order chi connectivity index (χ0) is 19.9. The van der Waals surface area contributed by atoms with E-state index in [1.807, 2.05) is 40.3 Å². The Labute approximate surface area is 198 Å². The number of guanidine groups is 1. The summed E-state index contributed by atoms with van der Waals surface area (Å²) in [5.41, 5.74) is 1.09. The molecule has 0 spiro atoms. The fourth-order valence-electron chi connectivity index (χ4n) is 3.11. The Morgan fingerprint density at radius 3 is 2.69 bits per heavy atom. The number of hydrogen-bond donors (Lipinski definition) is 1. The number of nitrogens with zero attached hydrogens (tertiary/aromatic N) is 4. The summed E-state index contributed by atoms with van der Waals surface area (Å²) in [7, 11) is 1.76. The second-order valence-corrected chi connectivity index (χ2v) is 8.30. The van der Waals surface area contributed by atoms with Gasteiger partial charge in [0.2, 0.25) is 5.91 Å². The summed E-state index contributed by atoms with van der Waals surface area (Å²) in [6, 6.07) is 7.64. The minimum atomic E-state index is 0. The van der Waals surface area contributed by atoms with Gasteiger partial charge >= 0.3 is 0 Å². The molecule has 0 atom stereocenters. The average Bonchev–Trinajstić information content (AvgIpc) is 3.16. The number of nitrogens with one attached hydrogen (secondary N) is 1. The molecule has 9 heteroatoms. The number of thiazole rings is 1. The zero-order valence-corrected chi connectivity index (χ0v) is 20.6. The van der Waals surface area contributed by atoms with Gasteiger partial charge in [-0.3, -0.25) is 9.79 Å². The quantitative estimate of drug-likeness (QED) is 0.342. The molecule has 1 aromatic heterocycles. The molecule has 0 unspecified atom stereocenters. The van der Waals surface area contributed by atoms with Gasteiger partial charge in [0.1, 0.15) is 0 Å². The van der Waals surface area contributed by atoms with Gasteiger partial charge in [-0.05, 0) is 24.1 Å². The summed E-state index contributed by atoms with van der Waals surface area (Å²) in [6.07, 6.45) is 3.83. The van der Waals surface area contributed by atoms with E-state index in [2.05, 4.69) is 22.2 Å². The molecular formula is C20H27ClIN5OS. The van der Waals surface area contributed by atoms with E-state index in [4.69, 9.17) is 11.6 Å². The summed E-state index contributed by atoms with van der Waals surface area (Å²) in [5.74, 6) is 0.878. The molecule has 29 heavy (non-hydrogen) atoms. The lowest BCUT2D eigenvalue weighted by Gasteiger charge is -2.36. The number of rotatable bonds is 6. The van der Waals surface area contributed by atoms with Crippen molar-refractivity contribution in [2.24, 2.45) is 4.99 Å². The Balaban J connectivity index is 0.00000300. The fraction of sp³-hybridized carbons (Fsp3) is 0.450. The van der Waals surface area contributed by atoms with Crippen LogP contribution in [0, 0.1) is 0 Å². The molecule has 0 aliphatic carbocycles. The van der Waals surface area contributed by atoms with Crippen LogP contribution in [0.25, 0.3) is 0 Å². The lowest BCUT2D eigenvalue weighted by atomic mass is 10.2. The number of aryl methyl sites for hydroxylation is 1. The molecule has 0 bridgehead atoms. The molecule has 3 rings (SSSR count). The molecule has 2 aromatic rings. The highest BCUT2D eigenvalue weighted by Crippen LogP contribution is 2.15.